The van der Waals surface area contributed by atoms with Gasteiger partial charge in [0.1, 0.15) is 6.54 Å². The molecule has 1 aromatic carbocycles. The van der Waals surface area contributed by atoms with E-state index in [1.807, 2.05) is 41.8 Å². The summed E-state index contributed by atoms with van der Waals surface area (Å²) in [6.07, 6.45) is 1.45. The van der Waals surface area contributed by atoms with Gasteiger partial charge in [0.25, 0.3) is 5.56 Å². The maximum absolute atomic E-state index is 12.6. The SMILES string of the molecule is O=C(Cn1cnc(-c2cccs2)cc1=O)N1CCN(c2ccccc2Cl)CC1. The molecule has 28 heavy (non-hydrogen) atoms. The highest BCUT2D eigenvalue weighted by Crippen LogP contribution is 2.26. The topological polar surface area (TPSA) is 58.4 Å². The number of nitrogens with zero attached hydrogens (tertiary/aromatic N) is 4. The molecule has 2 aromatic heterocycles. The fourth-order valence-electron chi connectivity index (χ4n) is 3.25. The summed E-state index contributed by atoms with van der Waals surface area (Å²) in [4.78, 5) is 34.2. The number of anilines is 1. The Morgan fingerprint density at radius 2 is 1.89 bits per heavy atom. The van der Waals surface area contributed by atoms with Crippen molar-refractivity contribution in [2.45, 2.75) is 6.54 Å². The van der Waals surface area contributed by atoms with Crippen molar-refractivity contribution in [2.75, 3.05) is 31.1 Å². The lowest BCUT2D eigenvalue weighted by Crippen LogP contribution is -2.50. The van der Waals surface area contributed by atoms with Crippen LogP contribution in [0.4, 0.5) is 5.69 Å². The third-order valence-corrected chi connectivity index (χ3v) is 6.00. The third-order valence-electron chi connectivity index (χ3n) is 4.78. The van der Waals surface area contributed by atoms with Crippen molar-refractivity contribution in [3.63, 3.8) is 0 Å². The predicted molar refractivity (Wildman–Crippen MR) is 112 cm³/mol. The summed E-state index contributed by atoms with van der Waals surface area (Å²) in [5.74, 6) is -0.0772. The van der Waals surface area contributed by atoms with E-state index in [4.69, 9.17) is 11.6 Å². The summed E-state index contributed by atoms with van der Waals surface area (Å²) in [5, 5.41) is 2.65. The van der Waals surface area contributed by atoms with E-state index in [0.717, 1.165) is 10.6 Å². The molecule has 0 spiro atoms. The van der Waals surface area contributed by atoms with Crippen molar-refractivity contribution < 1.29 is 4.79 Å². The number of aromatic nitrogens is 2. The van der Waals surface area contributed by atoms with Gasteiger partial charge in [-0.3, -0.25) is 14.2 Å². The van der Waals surface area contributed by atoms with Gasteiger partial charge >= 0.3 is 0 Å². The van der Waals surface area contributed by atoms with Crippen molar-refractivity contribution in [1.29, 1.82) is 0 Å². The molecule has 6 nitrogen and oxygen atoms in total. The number of rotatable bonds is 4. The van der Waals surface area contributed by atoms with Gasteiger partial charge < -0.3 is 9.80 Å². The van der Waals surface area contributed by atoms with Crippen molar-refractivity contribution in [1.82, 2.24) is 14.5 Å². The average molecular weight is 415 g/mol. The second-order valence-electron chi connectivity index (χ2n) is 6.54. The van der Waals surface area contributed by atoms with Crippen LogP contribution in [0.25, 0.3) is 10.6 Å². The number of thiophene rings is 1. The van der Waals surface area contributed by atoms with Gasteiger partial charge in [-0.05, 0) is 23.6 Å². The fourth-order valence-corrected chi connectivity index (χ4v) is 4.20. The maximum atomic E-state index is 12.6. The van der Waals surface area contributed by atoms with Crippen LogP contribution >= 0.6 is 22.9 Å². The normalized spacial score (nSPS) is 14.3. The first-order chi connectivity index (χ1) is 13.6. The Hall–Kier alpha value is -2.64. The number of hydrogen-bond donors (Lipinski definition) is 0. The lowest BCUT2D eigenvalue weighted by molar-refractivity contribution is -0.132. The van der Waals surface area contributed by atoms with Crippen LogP contribution in [-0.4, -0.2) is 46.5 Å². The Morgan fingerprint density at radius 1 is 1.11 bits per heavy atom. The van der Waals surface area contributed by atoms with Crippen LogP contribution in [0.5, 0.6) is 0 Å². The maximum Gasteiger partial charge on any atom is 0.254 e. The molecule has 3 heterocycles. The highest BCUT2D eigenvalue weighted by Gasteiger charge is 2.22. The molecular weight excluding hydrogens is 396 g/mol. The Labute approximate surface area is 171 Å². The molecule has 0 saturated carbocycles. The number of carbonyl (C=O) groups excluding carboxylic acids is 1. The summed E-state index contributed by atoms with van der Waals surface area (Å²) < 4.78 is 1.36. The van der Waals surface area contributed by atoms with Crippen LogP contribution in [-0.2, 0) is 11.3 Å². The molecule has 0 atom stereocenters. The van der Waals surface area contributed by atoms with Crippen molar-refractivity contribution in [3.8, 4) is 10.6 Å². The number of carbonyl (C=O) groups is 1. The van der Waals surface area contributed by atoms with Crippen LogP contribution in [0, 0.1) is 0 Å². The molecule has 1 aliphatic heterocycles. The first kappa shape index (κ1) is 18.7. The molecule has 0 unspecified atom stereocenters. The van der Waals surface area contributed by atoms with E-state index < -0.39 is 0 Å². The van der Waals surface area contributed by atoms with Crippen LogP contribution in [0.2, 0.25) is 5.02 Å². The predicted octanol–water partition coefficient (Wildman–Crippen LogP) is 2.97. The first-order valence-corrected chi connectivity index (χ1v) is 10.3. The molecule has 0 aliphatic carbocycles. The highest BCUT2D eigenvalue weighted by molar-refractivity contribution is 7.13. The minimum atomic E-state index is -0.221. The van der Waals surface area contributed by atoms with Crippen molar-refractivity contribution >= 4 is 34.5 Å². The Kier molecular flexibility index (Phi) is 5.45. The molecule has 4 rings (SSSR count). The standard InChI is InChI=1S/C20H19ClN4O2S/c21-15-4-1-2-5-17(15)23-7-9-24(10-8-23)20(27)13-25-14-22-16(12-19(25)26)18-6-3-11-28-18/h1-6,11-12,14H,7-10,13H2. The van der Waals surface area contributed by atoms with Gasteiger partial charge in [-0.15, -0.1) is 11.3 Å². The average Bonchev–Trinajstić information content (AvgIpc) is 3.25. The van der Waals surface area contributed by atoms with Gasteiger partial charge in [-0.25, -0.2) is 4.98 Å². The monoisotopic (exact) mass is 414 g/mol. The van der Waals surface area contributed by atoms with Crippen LogP contribution in [0.15, 0.2) is 59.0 Å². The van der Waals surface area contributed by atoms with Crippen molar-refractivity contribution in [3.05, 3.63) is 69.5 Å². The number of piperazine rings is 1. The van der Waals surface area contributed by atoms with Crippen molar-refractivity contribution in [2.24, 2.45) is 0 Å². The van der Waals surface area contributed by atoms with E-state index in [9.17, 15) is 9.59 Å². The molecule has 1 saturated heterocycles. The second-order valence-corrected chi connectivity index (χ2v) is 7.89. The minimum absolute atomic E-state index is 0.00263. The zero-order valence-corrected chi connectivity index (χ0v) is 16.7. The molecule has 3 aromatic rings. The van der Waals surface area contributed by atoms with Gasteiger partial charge in [0.2, 0.25) is 5.91 Å². The molecule has 0 bridgehead atoms. The minimum Gasteiger partial charge on any atom is -0.367 e. The zero-order chi connectivity index (χ0) is 19.5. The number of hydrogen-bond acceptors (Lipinski definition) is 5. The molecule has 1 amide bonds. The lowest BCUT2D eigenvalue weighted by atomic mass is 10.2. The number of benzene rings is 1. The number of halogens is 1. The summed E-state index contributed by atoms with van der Waals surface area (Å²) >= 11 is 7.79. The summed E-state index contributed by atoms with van der Waals surface area (Å²) in [6, 6.07) is 13.0. The smallest absolute Gasteiger partial charge is 0.254 e. The molecule has 1 aliphatic rings. The number of amides is 1. The molecular formula is C20H19ClN4O2S. The van der Waals surface area contributed by atoms with Gasteiger partial charge in [-0.2, -0.15) is 0 Å². The van der Waals surface area contributed by atoms with Crippen LogP contribution < -0.4 is 10.5 Å². The summed E-state index contributed by atoms with van der Waals surface area (Å²) in [6.45, 7) is 2.61. The molecule has 0 radical (unpaired) electrons. The molecule has 144 valence electrons. The van der Waals surface area contributed by atoms with Crippen LogP contribution in [0.1, 0.15) is 0 Å². The molecule has 0 N–H and O–H groups in total. The van der Waals surface area contributed by atoms with Crippen LogP contribution in [0.3, 0.4) is 0 Å². The lowest BCUT2D eigenvalue weighted by Gasteiger charge is -2.36. The zero-order valence-electron chi connectivity index (χ0n) is 15.1. The van der Waals surface area contributed by atoms with E-state index >= 15 is 0 Å². The van der Waals surface area contributed by atoms with E-state index in [-0.39, 0.29) is 18.0 Å². The van der Waals surface area contributed by atoms with Gasteiger partial charge in [0.05, 0.1) is 27.6 Å². The van der Waals surface area contributed by atoms with E-state index in [0.29, 0.717) is 36.9 Å². The number of para-hydroxylation sites is 1. The Morgan fingerprint density at radius 3 is 2.57 bits per heavy atom. The third kappa shape index (κ3) is 3.95. The van der Waals surface area contributed by atoms with E-state index in [1.165, 1.54) is 28.3 Å². The largest absolute Gasteiger partial charge is 0.367 e. The van der Waals surface area contributed by atoms with Gasteiger partial charge in [0, 0.05) is 32.2 Å². The summed E-state index contributed by atoms with van der Waals surface area (Å²) in [7, 11) is 0. The fraction of sp³-hybridized carbons (Fsp3) is 0.250. The quantitative estimate of drug-likeness (QED) is 0.658. The molecule has 1 fully saturated rings. The van der Waals surface area contributed by atoms with E-state index in [1.54, 1.807) is 4.90 Å². The second kappa shape index (κ2) is 8.16. The first-order valence-electron chi connectivity index (χ1n) is 8.99. The Bertz CT molecular complexity index is 1030. The van der Waals surface area contributed by atoms with E-state index in [2.05, 4.69) is 9.88 Å². The highest BCUT2D eigenvalue weighted by atomic mass is 35.5. The molecule has 8 heteroatoms. The van der Waals surface area contributed by atoms with Gasteiger partial charge in [0.15, 0.2) is 0 Å². The Balaban J connectivity index is 1.39. The van der Waals surface area contributed by atoms with Gasteiger partial charge in [-0.1, -0.05) is 29.8 Å². The summed E-state index contributed by atoms with van der Waals surface area (Å²) in [5.41, 5.74) is 1.40.